The number of amides is 2. The highest BCUT2D eigenvalue weighted by atomic mass is 32.2. The first-order chi connectivity index (χ1) is 13.9. The van der Waals surface area contributed by atoms with E-state index in [4.69, 9.17) is 9.47 Å². The number of sulfonamides is 1. The van der Waals surface area contributed by atoms with Gasteiger partial charge in [0.05, 0.1) is 31.4 Å². The molecule has 2 aliphatic rings. The highest BCUT2D eigenvalue weighted by molar-refractivity contribution is 7.90. The van der Waals surface area contributed by atoms with Gasteiger partial charge in [-0.1, -0.05) is 18.2 Å². The fourth-order valence-electron chi connectivity index (χ4n) is 3.55. The molecule has 0 saturated carbocycles. The number of rotatable bonds is 5. The van der Waals surface area contributed by atoms with Gasteiger partial charge in [0.1, 0.15) is 10.6 Å². The fourth-order valence-corrected chi connectivity index (χ4v) is 5.12. The fraction of sp³-hybridized carbons (Fsp3) is 0.300. The number of benzene rings is 2. The molecule has 0 unspecified atom stereocenters. The Morgan fingerprint density at radius 1 is 1.28 bits per heavy atom. The smallest absolute Gasteiger partial charge is 0.269 e. The quantitative estimate of drug-likeness (QED) is 0.797. The second-order valence-electron chi connectivity index (χ2n) is 6.79. The molecule has 1 atom stereocenters. The SMILES string of the molecule is COCCN1C(=O)c2ccc(C(=O)N[C@@H]3CCOc4ccccc43)cc2S1(=O)=O. The number of nitrogens with zero attached hydrogens (tertiary/aromatic N) is 1. The second-order valence-corrected chi connectivity index (χ2v) is 8.62. The molecule has 2 aromatic rings. The van der Waals surface area contributed by atoms with Gasteiger partial charge in [0, 0.05) is 24.7 Å². The lowest BCUT2D eigenvalue weighted by Crippen LogP contribution is -2.33. The van der Waals surface area contributed by atoms with Gasteiger partial charge in [0.2, 0.25) is 0 Å². The predicted octanol–water partition coefficient (Wildman–Crippen LogP) is 1.73. The van der Waals surface area contributed by atoms with E-state index in [-0.39, 0.29) is 35.2 Å². The van der Waals surface area contributed by atoms with E-state index in [9.17, 15) is 18.0 Å². The normalized spacial score (nSPS) is 19.3. The van der Waals surface area contributed by atoms with Crippen molar-refractivity contribution in [2.75, 3.05) is 26.9 Å². The second kappa shape index (κ2) is 7.49. The van der Waals surface area contributed by atoms with Crippen LogP contribution in [0.25, 0.3) is 0 Å². The summed E-state index contributed by atoms with van der Waals surface area (Å²) >= 11 is 0. The molecule has 0 radical (unpaired) electrons. The molecule has 152 valence electrons. The molecule has 0 spiro atoms. The largest absolute Gasteiger partial charge is 0.493 e. The number of ether oxygens (including phenoxy) is 2. The molecule has 2 heterocycles. The van der Waals surface area contributed by atoms with E-state index in [0.29, 0.717) is 13.0 Å². The van der Waals surface area contributed by atoms with Crippen LogP contribution in [0.2, 0.25) is 0 Å². The number of hydrogen-bond donors (Lipinski definition) is 1. The molecular formula is C20H20N2O6S. The summed E-state index contributed by atoms with van der Waals surface area (Å²) in [5, 5.41) is 2.93. The van der Waals surface area contributed by atoms with Crippen LogP contribution < -0.4 is 10.1 Å². The number of nitrogens with one attached hydrogen (secondary N) is 1. The number of carbonyl (C=O) groups excluding carboxylic acids is 2. The van der Waals surface area contributed by atoms with Gasteiger partial charge in [-0.2, -0.15) is 0 Å². The maximum Gasteiger partial charge on any atom is 0.269 e. The van der Waals surface area contributed by atoms with Crippen LogP contribution in [0, 0.1) is 0 Å². The van der Waals surface area contributed by atoms with Crippen LogP contribution in [-0.4, -0.2) is 51.4 Å². The average Bonchev–Trinajstić information content (AvgIpc) is 2.92. The summed E-state index contributed by atoms with van der Waals surface area (Å²) in [7, 11) is -2.57. The molecule has 8 nitrogen and oxygen atoms in total. The Balaban J connectivity index is 1.60. The molecular weight excluding hydrogens is 396 g/mol. The maximum atomic E-state index is 12.8. The van der Waals surface area contributed by atoms with E-state index in [1.807, 2.05) is 24.3 Å². The van der Waals surface area contributed by atoms with Crippen molar-refractivity contribution in [3.05, 3.63) is 59.2 Å². The first-order valence-corrected chi connectivity index (χ1v) is 10.6. The van der Waals surface area contributed by atoms with Gasteiger partial charge in [-0.15, -0.1) is 0 Å². The van der Waals surface area contributed by atoms with E-state index in [1.54, 1.807) is 0 Å². The van der Waals surface area contributed by atoms with Gasteiger partial charge in [-0.05, 0) is 24.3 Å². The molecule has 0 aromatic heterocycles. The van der Waals surface area contributed by atoms with E-state index < -0.39 is 21.8 Å². The van der Waals surface area contributed by atoms with Crippen molar-refractivity contribution in [3.63, 3.8) is 0 Å². The molecule has 0 bridgehead atoms. The van der Waals surface area contributed by atoms with Crippen LogP contribution in [0.15, 0.2) is 47.4 Å². The molecule has 0 saturated heterocycles. The molecule has 4 rings (SSSR count). The van der Waals surface area contributed by atoms with Crippen molar-refractivity contribution in [3.8, 4) is 5.75 Å². The predicted molar refractivity (Wildman–Crippen MR) is 103 cm³/mol. The van der Waals surface area contributed by atoms with E-state index in [2.05, 4.69) is 5.32 Å². The van der Waals surface area contributed by atoms with Gasteiger partial charge in [0.15, 0.2) is 0 Å². The van der Waals surface area contributed by atoms with Crippen LogP contribution in [0.4, 0.5) is 0 Å². The Kier molecular flexibility index (Phi) is 5.01. The summed E-state index contributed by atoms with van der Waals surface area (Å²) in [4.78, 5) is 25.1. The average molecular weight is 416 g/mol. The van der Waals surface area contributed by atoms with Crippen molar-refractivity contribution < 1.29 is 27.5 Å². The van der Waals surface area contributed by atoms with Crippen LogP contribution in [-0.2, 0) is 14.8 Å². The van der Waals surface area contributed by atoms with Crippen molar-refractivity contribution in [1.82, 2.24) is 9.62 Å². The third-order valence-electron chi connectivity index (χ3n) is 5.03. The lowest BCUT2D eigenvalue weighted by atomic mass is 10.00. The lowest BCUT2D eigenvalue weighted by Gasteiger charge is -2.26. The van der Waals surface area contributed by atoms with Crippen molar-refractivity contribution >= 4 is 21.8 Å². The molecule has 2 aliphatic heterocycles. The van der Waals surface area contributed by atoms with Crippen molar-refractivity contribution in [1.29, 1.82) is 0 Å². The van der Waals surface area contributed by atoms with Crippen LogP contribution in [0.1, 0.15) is 38.7 Å². The number of methoxy groups -OCH3 is 1. The van der Waals surface area contributed by atoms with Crippen molar-refractivity contribution in [2.24, 2.45) is 0 Å². The number of hydrogen-bond acceptors (Lipinski definition) is 6. The topological polar surface area (TPSA) is 102 Å². The zero-order valence-electron chi connectivity index (χ0n) is 15.8. The molecule has 1 N–H and O–H groups in total. The third kappa shape index (κ3) is 3.36. The summed E-state index contributed by atoms with van der Waals surface area (Å²) in [6.45, 7) is 0.492. The van der Waals surface area contributed by atoms with E-state index >= 15 is 0 Å². The minimum Gasteiger partial charge on any atom is -0.493 e. The van der Waals surface area contributed by atoms with Crippen LogP contribution in [0.3, 0.4) is 0 Å². The lowest BCUT2D eigenvalue weighted by molar-refractivity contribution is 0.0835. The summed E-state index contributed by atoms with van der Waals surface area (Å²) in [6.07, 6.45) is 0.606. The van der Waals surface area contributed by atoms with E-state index in [1.165, 1.54) is 25.3 Å². The summed E-state index contributed by atoms with van der Waals surface area (Å²) in [5.41, 5.74) is 1.12. The molecule has 2 amide bonds. The van der Waals surface area contributed by atoms with Gasteiger partial charge in [-0.25, -0.2) is 12.7 Å². The molecule has 29 heavy (non-hydrogen) atoms. The standard InChI is InChI=1S/C20H20N2O6S/c1-27-11-9-22-20(24)15-7-6-13(12-18(15)29(22,25)26)19(23)21-16-8-10-28-17-5-3-2-4-14(16)17/h2-7,12,16H,8-11H2,1H3,(H,21,23)/t16-/m1/s1. The Morgan fingerprint density at radius 2 is 2.07 bits per heavy atom. The van der Waals surface area contributed by atoms with E-state index in [0.717, 1.165) is 15.6 Å². The highest BCUT2D eigenvalue weighted by Gasteiger charge is 2.41. The summed E-state index contributed by atoms with van der Waals surface area (Å²) in [6, 6.07) is 11.3. The van der Waals surface area contributed by atoms with Gasteiger partial charge in [0.25, 0.3) is 21.8 Å². The summed E-state index contributed by atoms with van der Waals surface area (Å²) < 4.78 is 36.7. The van der Waals surface area contributed by atoms with Crippen LogP contribution in [0.5, 0.6) is 5.75 Å². The van der Waals surface area contributed by atoms with Gasteiger partial charge >= 0.3 is 0 Å². The highest BCUT2D eigenvalue weighted by Crippen LogP contribution is 2.33. The number of para-hydroxylation sites is 1. The zero-order chi connectivity index (χ0) is 20.6. The minimum atomic E-state index is -4.00. The molecule has 9 heteroatoms. The van der Waals surface area contributed by atoms with Crippen molar-refractivity contribution in [2.45, 2.75) is 17.4 Å². The number of fused-ring (bicyclic) bond motifs is 2. The maximum absolute atomic E-state index is 12.8. The minimum absolute atomic E-state index is 0.0639. The summed E-state index contributed by atoms with van der Waals surface area (Å²) in [5.74, 6) is -0.296. The van der Waals surface area contributed by atoms with Gasteiger partial charge < -0.3 is 14.8 Å². The molecule has 0 aliphatic carbocycles. The Morgan fingerprint density at radius 3 is 2.86 bits per heavy atom. The van der Waals surface area contributed by atoms with Crippen LogP contribution >= 0.6 is 0 Å². The molecule has 0 fully saturated rings. The number of carbonyl (C=O) groups is 2. The Bertz CT molecular complexity index is 1080. The first kappa shape index (κ1) is 19.4. The first-order valence-electron chi connectivity index (χ1n) is 9.16. The zero-order valence-corrected chi connectivity index (χ0v) is 16.6. The molecule has 2 aromatic carbocycles. The van der Waals surface area contributed by atoms with Gasteiger partial charge in [-0.3, -0.25) is 9.59 Å². The third-order valence-corrected chi connectivity index (χ3v) is 6.85. The monoisotopic (exact) mass is 416 g/mol. The Hall–Kier alpha value is -2.91. The Labute approximate surface area is 168 Å².